The first-order valence-corrected chi connectivity index (χ1v) is 8.10. The molecule has 1 aromatic rings. The van der Waals surface area contributed by atoms with E-state index in [1.165, 1.54) is 0 Å². The molecule has 0 aliphatic carbocycles. The molecule has 0 saturated carbocycles. The van der Waals surface area contributed by atoms with Crippen molar-refractivity contribution in [3.8, 4) is 0 Å². The first-order chi connectivity index (χ1) is 11.0. The molecule has 0 aromatic carbocycles. The molecule has 1 amide bonds. The first kappa shape index (κ1) is 18.0. The fraction of sp³-hybridized carbons (Fsp3) is 0.706. The summed E-state index contributed by atoms with van der Waals surface area (Å²) >= 11 is 0. The Balaban J connectivity index is 2.00. The van der Waals surface area contributed by atoms with E-state index in [9.17, 15) is 9.90 Å². The molecule has 1 fully saturated rings. The first-order valence-electron chi connectivity index (χ1n) is 8.10. The highest BCUT2D eigenvalue weighted by molar-refractivity contribution is 5.95. The van der Waals surface area contributed by atoms with Gasteiger partial charge < -0.3 is 24.1 Å². The zero-order chi connectivity index (χ0) is 17.0. The third-order valence-corrected chi connectivity index (χ3v) is 4.59. The predicted molar refractivity (Wildman–Crippen MR) is 87.5 cm³/mol. The Morgan fingerprint density at radius 2 is 2.13 bits per heavy atom. The molecule has 1 N–H and O–H groups in total. The maximum Gasteiger partial charge on any atom is 0.257 e. The Morgan fingerprint density at radius 1 is 1.43 bits per heavy atom. The van der Waals surface area contributed by atoms with Crippen LogP contribution in [0.4, 0.5) is 0 Å². The van der Waals surface area contributed by atoms with Gasteiger partial charge in [0.1, 0.15) is 11.5 Å². The summed E-state index contributed by atoms with van der Waals surface area (Å²) in [5.41, 5.74) is 0.632. The van der Waals surface area contributed by atoms with Gasteiger partial charge in [-0.1, -0.05) is 0 Å². The molecular weight excluding hydrogens is 296 g/mol. The molecule has 2 atom stereocenters. The van der Waals surface area contributed by atoms with E-state index in [-0.39, 0.29) is 24.3 Å². The Hall–Kier alpha value is -1.37. The van der Waals surface area contributed by atoms with Gasteiger partial charge in [-0.15, -0.1) is 0 Å². The molecule has 2 rings (SSSR count). The van der Waals surface area contributed by atoms with Gasteiger partial charge in [0.2, 0.25) is 0 Å². The third kappa shape index (κ3) is 4.34. The van der Waals surface area contributed by atoms with Gasteiger partial charge in [0.15, 0.2) is 0 Å². The van der Waals surface area contributed by atoms with E-state index in [1.807, 2.05) is 25.8 Å². The van der Waals surface area contributed by atoms with Gasteiger partial charge in [-0.3, -0.25) is 4.79 Å². The number of aryl methyl sites for hydroxylation is 2. The summed E-state index contributed by atoms with van der Waals surface area (Å²) < 4.78 is 10.6. The number of likely N-dealkylation sites (tertiary alicyclic amines) is 1. The van der Waals surface area contributed by atoms with Crippen LogP contribution in [0.15, 0.2) is 10.5 Å². The van der Waals surface area contributed by atoms with Gasteiger partial charge in [-0.05, 0) is 32.9 Å². The minimum Gasteiger partial charge on any atom is -0.466 e. The average Bonchev–Trinajstić information content (AvgIpc) is 3.07. The largest absolute Gasteiger partial charge is 0.466 e. The highest BCUT2D eigenvalue weighted by atomic mass is 16.5. The average molecular weight is 324 g/mol. The molecule has 1 saturated heterocycles. The van der Waals surface area contributed by atoms with E-state index in [4.69, 9.17) is 9.15 Å². The fourth-order valence-corrected chi connectivity index (χ4v) is 3.27. The van der Waals surface area contributed by atoms with Gasteiger partial charge >= 0.3 is 0 Å². The molecule has 0 unspecified atom stereocenters. The molecule has 6 nitrogen and oxygen atoms in total. The topological polar surface area (TPSA) is 66.2 Å². The lowest BCUT2D eigenvalue weighted by Gasteiger charge is -2.23. The summed E-state index contributed by atoms with van der Waals surface area (Å²) in [6.45, 7) is 7.42. The van der Waals surface area contributed by atoms with Crippen molar-refractivity contribution in [2.75, 3.05) is 53.6 Å². The lowest BCUT2D eigenvalue weighted by Crippen LogP contribution is -2.33. The fourth-order valence-electron chi connectivity index (χ4n) is 3.27. The van der Waals surface area contributed by atoms with E-state index >= 15 is 0 Å². The van der Waals surface area contributed by atoms with Crippen molar-refractivity contribution in [3.05, 3.63) is 23.2 Å². The summed E-state index contributed by atoms with van der Waals surface area (Å²) in [5, 5.41) is 9.65. The standard InChI is InChI=1S/C17H28N2O4/c1-12-7-16(13(2)23-12)17(21)19-9-14(15(10-19)11-20)8-18(3)5-6-22-4/h7,14-15,20H,5-6,8-11H2,1-4H3/t14-,15-/m1/s1. The number of furan rings is 1. The number of likely N-dealkylation sites (N-methyl/N-ethyl adjacent to an activating group) is 1. The van der Waals surface area contributed by atoms with Crippen LogP contribution in [-0.2, 0) is 4.74 Å². The molecule has 6 heteroatoms. The molecule has 0 bridgehead atoms. The molecule has 130 valence electrons. The third-order valence-electron chi connectivity index (χ3n) is 4.59. The summed E-state index contributed by atoms with van der Waals surface area (Å²) in [6.07, 6.45) is 0. The van der Waals surface area contributed by atoms with Gasteiger partial charge in [-0.2, -0.15) is 0 Å². The van der Waals surface area contributed by atoms with Crippen molar-refractivity contribution in [1.82, 2.24) is 9.80 Å². The number of hydrogen-bond donors (Lipinski definition) is 1. The zero-order valence-electron chi connectivity index (χ0n) is 14.5. The second kappa shape index (κ2) is 7.95. The lowest BCUT2D eigenvalue weighted by atomic mass is 9.96. The monoisotopic (exact) mass is 324 g/mol. The van der Waals surface area contributed by atoms with E-state index in [0.29, 0.717) is 31.0 Å². The van der Waals surface area contributed by atoms with Crippen molar-refractivity contribution >= 4 is 5.91 Å². The number of ether oxygens (including phenoxy) is 1. The van der Waals surface area contributed by atoms with E-state index < -0.39 is 0 Å². The van der Waals surface area contributed by atoms with E-state index in [1.54, 1.807) is 13.2 Å². The van der Waals surface area contributed by atoms with Crippen LogP contribution in [-0.4, -0.2) is 74.4 Å². The Bertz CT molecular complexity index is 529. The number of methoxy groups -OCH3 is 1. The molecule has 23 heavy (non-hydrogen) atoms. The van der Waals surface area contributed by atoms with Gasteiger partial charge in [-0.25, -0.2) is 0 Å². The van der Waals surface area contributed by atoms with Crippen LogP contribution >= 0.6 is 0 Å². The summed E-state index contributed by atoms with van der Waals surface area (Å²) in [6, 6.07) is 1.80. The number of hydrogen-bond acceptors (Lipinski definition) is 5. The minimum atomic E-state index is -0.000144. The quantitative estimate of drug-likeness (QED) is 0.815. The SMILES string of the molecule is COCCN(C)C[C@@H]1CN(C(=O)c2cc(C)oc2C)C[C@@H]1CO. The van der Waals surface area contributed by atoms with Crippen molar-refractivity contribution < 1.29 is 19.1 Å². The van der Waals surface area contributed by atoms with Gasteiger partial charge in [0.25, 0.3) is 5.91 Å². The number of nitrogens with zero attached hydrogens (tertiary/aromatic N) is 2. The molecular formula is C17H28N2O4. The van der Waals surface area contributed by atoms with Crippen molar-refractivity contribution in [1.29, 1.82) is 0 Å². The predicted octanol–water partition coefficient (Wildman–Crippen LogP) is 1.16. The number of carbonyl (C=O) groups excluding carboxylic acids is 1. The van der Waals surface area contributed by atoms with Gasteiger partial charge in [0, 0.05) is 45.8 Å². The molecule has 1 aliphatic heterocycles. The maximum atomic E-state index is 12.7. The smallest absolute Gasteiger partial charge is 0.257 e. The molecule has 1 aliphatic rings. The second-order valence-corrected chi connectivity index (χ2v) is 6.49. The number of aliphatic hydroxyl groups is 1. The van der Waals surface area contributed by atoms with Crippen LogP contribution < -0.4 is 0 Å². The number of rotatable bonds is 7. The van der Waals surface area contributed by atoms with Crippen molar-refractivity contribution in [2.45, 2.75) is 13.8 Å². The number of amides is 1. The summed E-state index contributed by atoms with van der Waals surface area (Å²) in [5.74, 6) is 1.81. The van der Waals surface area contributed by atoms with Crippen LogP contribution in [0.25, 0.3) is 0 Å². The second-order valence-electron chi connectivity index (χ2n) is 6.49. The van der Waals surface area contributed by atoms with Crippen LogP contribution in [0.2, 0.25) is 0 Å². The number of aliphatic hydroxyl groups excluding tert-OH is 1. The molecule has 0 spiro atoms. The van der Waals surface area contributed by atoms with Crippen LogP contribution in [0, 0.1) is 25.7 Å². The maximum absolute atomic E-state index is 12.7. The van der Waals surface area contributed by atoms with Gasteiger partial charge in [0.05, 0.1) is 12.2 Å². The van der Waals surface area contributed by atoms with E-state index in [2.05, 4.69) is 4.90 Å². The van der Waals surface area contributed by atoms with Crippen LogP contribution in [0.1, 0.15) is 21.9 Å². The van der Waals surface area contributed by atoms with Crippen LogP contribution in [0.5, 0.6) is 0 Å². The van der Waals surface area contributed by atoms with Crippen LogP contribution in [0.3, 0.4) is 0 Å². The summed E-state index contributed by atoms with van der Waals surface area (Å²) in [7, 11) is 3.73. The molecule has 0 radical (unpaired) electrons. The highest BCUT2D eigenvalue weighted by Gasteiger charge is 2.36. The Kier molecular flexibility index (Phi) is 6.21. The van der Waals surface area contributed by atoms with E-state index in [0.717, 1.165) is 18.8 Å². The van der Waals surface area contributed by atoms with Crippen molar-refractivity contribution in [2.24, 2.45) is 11.8 Å². The normalized spacial score (nSPS) is 21.4. The highest BCUT2D eigenvalue weighted by Crippen LogP contribution is 2.26. The summed E-state index contributed by atoms with van der Waals surface area (Å²) in [4.78, 5) is 16.7. The minimum absolute atomic E-state index is 0.000144. The Morgan fingerprint density at radius 3 is 2.70 bits per heavy atom. The molecule has 1 aromatic heterocycles. The van der Waals surface area contributed by atoms with Crippen molar-refractivity contribution in [3.63, 3.8) is 0 Å². The number of carbonyl (C=O) groups is 1. The Labute approximate surface area is 138 Å². The molecule has 2 heterocycles. The zero-order valence-corrected chi connectivity index (χ0v) is 14.5. The lowest BCUT2D eigenvalue weighted by molar-refractivity contribution is 0.0777.